The minimum atomic E-state index is -0.321. The summed E-state index contributed by atoms with van der Waals surface area (Å²) < 4.78 is 11.0. The van der Waals surface area contributed by atoms with Crippen LogP contribution in [0.25, 0.3) is 0 Å². The van der Waals surface area contributed by atoms with Crippen LogP contribution in [0.5, 0.6) is 11.5 Å². The second-order valence-corrected chi connectivity index (χ2v) is 5.54. The average molecular weight is 284 g/mol. The van der Waals surface area contributed by atoms with Crippen LogP contribution in [0, 0.1) is 0 Å². The Hall–Kier alpha value is -0.930. The van der Waals surface area contributed by atoms with Gasteiger partial charge in [-0.15, -0.1) is 0 Å². The number of benzene rings is 1. The molecule has 0 amide bonds. The highest BCUT2D eigenvalue weighted by molar-refractivity contribution is 6.32. The molecule has 0 spiro atoms. The molecule has 4 heteroatoms. The zero-order chi connectivity index (χ0) is 13.9. The Bertz CT molecular complexity index is 442. The van der Waals surface area contributed by atoms with Gasteiger partial charge in [-0.1, -0.05) is 30.9 Å². The molecule has 2 N–H and O–H groups in total. The minimum absolute atomic E-state index is 0.321. The fourth-order valence-electron chi connectivity index (χ4n) is 2.81. The van der Waals surface area contributed by atoms with Crippen molar-refractivity contribution in [3.05, 3.63) is 22.7 Å². The molecule has 19 heavy (non-hydrogen) atoms. The van der Waals surface area contributed by atoms with E-state index in [1.807, 2.05) is 19.1 Å². The lowest BCUT2D eigenvalue weighted by Crippen LogP contribution is -2.39. The molecule has 1 fully saturated rings. The van der Waals surface area contributed by atoms with E-state index in [0.29, 0.717) is 17.4 Å². The molecule has 0 heterocycles. The van der Waals surface area contributed by atoms with E-state index in [4.69, 9.17) is 26.8 Å². The van der Waals surface area contributed by atoms with Gasteiger partial charge in [0.25, 0.3) is 0 Å². The van der Waals surface area contributed by atoms with Gasteiger partial charge < -0.3 is 15.2 Å². The van der Waals surface area contributed by atoms with E-state index in [2.05, 4.69) is 0 Å². The quantitative estimate of drug-likeness (QED) is 0.912. The highest BCUT2D eigenvalue weighted by Gasteiger charge is 2.33. The molecule has 2 rings (SSSR count). The maximum atomic E-state index is 6.59. The molecule has 1 aromatic rings. The zero-order valence-corrected chi connectivity index (χ0v) is 12.4. The lowest BCUT2D eigenvalue weighted by molar-refractivity contribution is 0.276. The van der Waals surface area contributed by atoms with E-state index in [0.717, 1.165) is 37.0 Å². The van der Waals surface area contributed by atoms with Crippen molar-refractivity contribution in [3.8, 4) is 11.5 Å². The summed E-state index contributed by atoms with van der Waals surface area (Å²) >= 11 is 6.25. The number of rotatable bonds is 4. The van der Waals surface area contributed by atoms with E-state index < -0.39 is 0 Å². The Morgan fingerprint density at radius 2 is 1.89 bits per heavy atom. The third-order valence-corrected chi connectivity index (χ3v) is 4.13. The third-order valence-electron chi connectivity index (χ3n) is 3.84. The first kappa shape index (κ1) is 14.5. The van der Waals surface area contributed by atoms with Crippen LogP contribution in [0.3, 0.4) is 0 Å². The van der Waals surface area contributed by atoms with Gasteiger partial charge in [-0.2, -0.15) is 0 Å². The summed E-state index contributed by atoms with van der Waals surface area (Å²) in [6.07, 6.45) is 5.54. The van der Waals surface area contributed by atoms with Crippen molar-refractivity contribution >= 4 is 11.6 Å². The fraction of sp³-hybridized carbons (Fsp3) is 0.600. The van der Waals surface area contributed by atoms with Crippen LogP contribution in [0.2, 0.25) is 5.02 Å². The summed E-state index contributed by atoms with van der Waals surface area (Å²) in [5, 5.41) is 0.594. The molecule has 0 radical (unpaired) electrons. The Balaban J connectivity index is 2.44. The largest absolute Gasteiger partial charge is 0.495 e. The van der Waals surface area contributed by atoms with Gasteiger partial charge in [-0.3, -0.25) is 0 Å². The topological polar surface area (TPSA) is 44.5 Å². The molecular weight excluding hydrogens is 262 g/mol. The Kier molecular flexibility index (Phi) is 4.58. The van der Waals surface area contributed by atoms with Gasteiger partial charge in [0.2, 0.25) is 0 Å². The predicted molar refractivity (Wildman–Crippen MR) is 78.1 cm³/mol. The maximum absolute atomic E-state index is 6.59. The lowest BCUT2D eigenvalue weighted by Gasteiger charge is -2.35. The predicted octanol–water partition coefficient (Wildman–Crippen LogP) is 3.87. The summed E-state index contributed by atoms with van der Waals surface area (Å²) in [5.74, 6) is 1.43. The number of hydrogen-bond acceptors (Lipinski definition) is 3. The highest BCUT2D eigenvalue weighted by Crippen LogP contribution is 2.43. The maximum Gasteiger partial charge on any atom is 0.141 e. The smallest absolute Gasteiger partial charge is 0.141 e. The molecule has 1 aliphatic carbocycles. The summed E-state index contributed by atoms with van der Waals surface area (Å²) in [6, 6.07) is 3.76. The van der Waals surface area contributed by atoms with Crippen molar-refractivity contribution in [3.63, 3.8) is 0 Å². The lowest BCUT2D eigenvalue weighted by atomic mass is 9.77. The van der Waals surface area contributed by atoms with Crippen LogP contribution >= 0.6 is 11.6 Å². The van der Waals surface area contributed by atoms with Crippen LogP contribution in [-0.2, 0) is 5.54 Å². The molecule has 0 aromatic heterocycles. The molecule has 1 saturated carbocycles. The van der Waals surface area contributed by atoms with Crippen molar-refractivity contribution in [2.45, 2.75) is 44.6 Å². The van der Waals surface area contributed by atoms with Crippen molar-refractivity contribution < 1.29 is 9.47 Å². The molecule has 0 atom stereocenters. The molecule has 0 bridgehead atoms. The standard InChI is InChI=1S/C15H22ClNO2/c1-3-19-13-10-14(18-2)12(16)9-11(13)15(17)7-5-4-6-8-15/h9-10H,3-8,17H2,1-2H3. The Morgan fingerprint density at radius 3 is 2.47 bits per heavy atom. The number of ether oxygens (including phenoxy) is 2. The van der Waals surface area contributed by atoms with Gasteiger partial charge in [0.05, 0.1) is 18.7 Å². The molecule has 1 aliphatic rings. The van der Waals surface area contributed by atoms with Gasteiger partial charge in [0.1, 0.15) is 11.5 Å². The van der Waals surface area contributed by atoms with Gasteiger partial charge >= 0.3 is 0 Å². The van der Waals surface area contributed by atoms with Crippen LogP contribution < -0.4 is 15.2 Å². The number of methoxy groups -OCH3 is 1. The second kappa shape index (κ2) is 6.02. The summed E-state index contributed by atoms with van der Waals surface area (Å²) in [4.78, 5) is 0. The van der Waals surface area contributed by atoms with Crippen LogP contribution in [-0.4, -0.2) is 13.7 Å². The first-order chi connectivity index (χ1) is 9.10. The monoisotopic (exact) mass is 283 g/mol. The van der Waals surface area contributed by atoms with E-state index in [9.17, 15) is 0 Å². The molecule has 0 aliphatic heterocycles. The summed E-state index contributed by atoms with van der Waals surface area (Å²) in [6.45, 7) is 2.57. The highest BCUT2D eigenvalue weighted by atomic mass is 35.5. The first-order valence-corrected chi connectivity index (χ1v) is 7.28. The second-order valence-electron chi connectivity index (χ2n) is 5.13. The van der Waals surface area contributed by atoms with Crippen LogP contribution in [0.4, 0.5) is 0 Å². The van der Waals surface area contributed by atoms with Crippen molar-refractivity contribution in [2.24, 2.45) is 5.73 Å². The van der Waals surface area contributed by atoms with E-state index >= 15 is 0 Å². The number of hydrogen-bond donors (Lipinski definition) is 1. The molecule has 3 nitrogen and oxygen atoms in total. The Morgan fingerprint density at radius 1 is 1.21 bits per heavy atom. The van der Waals surface area contributed by atoms with Crippen molar-refractivity contribution in [2.75, 3.05) is 13.7 Å². The zero-order valence-electron chi connectivity index (χ0n) is 11.7. The molecule has 106 valence electrons. The van der Waals surface area contributed by atoms with Crippen LogP contribution in [0.1, 0.15) is 44.6 Å². The molecule has 1 aromatic carbocycles. The van der Waals surface area contributed by atoms with Gasteiger partial charge in [0.15, 0.2) is 0 Å². The van der Waals surface area contributed by atoms with Crippen molar-refractivity contribution in [1.82, 2.24) is 0 Å². The summed E-state index contributed by atoms with van der Waals surface area (Å²) in [5.41, 5.74) is 7.29. The molecule has 0 saturated heterocycles. The molecular formula is C15H22ClNO2. The van der Waals surface area contributed by atoms with Crippen molar-refractivity contribution in [1.29, 1.82) is 0 Å². The third kappa shape index (κ3) is 2.98. The SMILES string of the molecule is CCOc1cc(OC)c(Cl)cc1C1(N)CCCCC1. The van der Waals surface area contributed by atoms with E-state index in [1.165, 1.54) is 6.42 Å². The van der Waals surface area contributed by atoms with E-state index in [-0.39, 0.29) is 5.54 Å². The van der Waals surface area contributed by atoms with E-state index in [1.54, 1.807) is 7.11 Å². The van der Waals surface area contributed by atoms with Gasteiger partial charge in [-0.25, -0.2) is 0 Å². The number of halogens is 1. The molecule has 0 unspecified atom stereocenters. The normalized spacial score (nSPS) is 18.1. The first-order valence-electron chi connectivity index (χ1n) is 6.90. The summed E-state index contributed by atoms with van der Waals surface area (Å²) in [7, 11) is 1.61. The van der Waals surface area contributed by atoms with Gasteiger partial charge in [-0.05, 0) is 25.8 Å². The average Bonchev–Trinajstić information content (AvgIpc) is 2.41. The fourth-order valence-corrected chi connectivity index (χ4v) is 3.05. The minimum Gasteiger partial charge on any atom is -0.495 e. The Labute approximate surface area is 120 Å². The number of nitrogens with two attached hydrogens (primary N) is 1. The van der Waals surface area contributed by atoms with Gasteiger partial charge in [0, 0.05) is 17.2 Å². The van der Waals surface area contributed by atoms with Crippen LogP contribution in [0.15, 0.2) is 12.1 Å².